The minimum Gasteiger partial charge on any atom is -0.497 e. The van der Waals surface area contributed by atoms with Crippen molar-refractivity contribution in [1.82, 2.24) is 15.1 Å². The predicted octanol–water partition coefficient (Wildman–Crippen LogP) is 0.650. The molecule has 1 unspecified atom stereocenters. The molecular weight excluding hydrogens is 324 g/mol. The van der Waals surface area contributed by atoms with Crippen molar-refractivity contribution >= 4 is 23.5 Å². The van der Waals surface area contributed by atoms with E-state index in [9.17, 15) is 14.4 Å². The molecule has 0 aliphatic carbocycles. The van der Waals surface area contributed by atoms with Crippen LogP contribution in [0, 0.1) is 0 Å². The fourth-order valence-electron chi connectivity index (χ4n) is 3.10. The smallest absolute Gasteiger partial charge is 0.325 e. The number of hydrogen-bond acceptors (Lipinski definition) is 5. The molecule has 3 rings (SSSR count). The third-order valence-electron chi connectivity index (χ3n) is 4.47. The van der Waals surface area contributed by atoms with Crippen molar-refractivity contribution < 1.29 is 19.1 Å². The van der Waals surface area contributed by atoms with Gasteiger partial charge in [-0.2, -0.15) is 0 Å². The highest BCUT2D eigenvalue weighted by Gasteiger charge is 2.32. The lowest BCUT2D eigenvalue weighted by Gasteiger charge is -2.34. The van der Waals surface area contributed by atoms with Crippen molar-refractivity contribution in [3.05, 3.63) is 24.3 Å². The summed E-state index contributed by atoms with van der Waals surface area (Å²) in [6.45, 7) is 0.964. The third-order valence-corrected chi connectivity index (χ3v) is 4.47. The number of methoxy groups -OCH3 is 1. The molecule has 25 heavy (non-hydrogen) atoms. The summed E-state index contributed by atoms with van der Waals surface area (Å²) >= 11 is 0. The van der Waals surface area contributed by atoms with Crippen LogP contribution in [0.3, 0.4) is 0 Å². The number of nitrogens with one attached hydrogen (secondary N) is 2. The molecule has 0 radical (unpaired) electrons. The predicted molar refractivity (Wildman–Crippen MR) is 91.3 cm³/mol. The molecule has 134 valence electrons. The zero-order chi connectivity index (χ0) is 17.8. The zero-order valence-corrected chi connectivity index (χ0v) is 14.2. The van der Waals surface area contributed by atoms with E-state index in [0.29, 0.717) is 13.1 Å². The molecule has 2 fully saturated rings. The molecule has 2 aliphatic heterocycles. The molecule has 2 aliphatic rings. The van der Waals surface area contributed by atoms with E-state index in [0.717, 1.165) is 29.2 Å². The number of amides is 4. The maximum absolute atomic E-state index is 12.4. The van der Waals surface area contributed by atoms with Gasteiger partial charge >= 0.3 is 6.03 Å². The number of ether oxygens (including phenoxy) is 1. The van der Waals surface area contributed by atoms with Gasteiger partial charge in [-0.1, -0.05) is 0 Å². The number of carbonyl (C=O) groups excluding carboxylic acids is 3. The monoisotopic (exact) mass is 346 g/mol. The second-order valence-electron chi connectivity index (χ2n) is 6.19. The van der Waals surface area contributed by atoms with Gasteiger partial charge in [-0.25, -0.2) is 4.79 Å². The number of likely N-dealkylation sites (tertiary alicyclic amines) is 1. The van der Waals surface area contributed by atoms with Crippen LogP contribution in [0.25, 0.3) is 0 Å². The summed E-state index contributed by atoms with van der Waals surface area (Å²) in [6, 6.07) is 7.27. The maximum atomic E-state index is 12.4. The largest absolute Gasteiger partial charge is 0.497 e. The number of nitrogens with zero attached hydrogens (tertiary/aromatic N) is 2. The Morgan fingerprint density at radius 2 is 2.08 bits per heavy atom. The van der Waals surface area contributed by atoms with Crippen LogP contribution in [0.4, 0.5) is 10.5 Å². The van der Waals surface area contributed by atoms with Gasteiger partial charge in [0.1, 0.15) is 12.3 Å². The lowest BCUT2D eigenvalue weighted by Crippen LogP contribution is -2.49. The first-order valence-corrected chi connectivity index (χ1v) is 8.33. The van der Waals surface area contributed by atoms with Gasteiger partial charge in [0, 0.05) is 24.8 Å². The summed E-state index contributed by atoms with van der Waals surface area (Å²) in [5.41, 5.74) is 0.967. The molecule has 0 spiro atoms. The number of carbonyl (C=O) groups is 3. The molecule has 0 saturated carbocycles. The van der Waals surface area contributed by atoms with Crippen LogP contribution in [-0.2, 0) is 9.59 Å². The SMILES string of the molecule is COc1ccc(NC2CCCN(C(=O)CN3C(=O)CNC3=O)C2)cc1. The number of benzene rings is 1. The number of piperidine rings is 1. The molecule has 1 atom stereocenters. The first-order chi connectivity index (χ1) is 12.1. The van der Waals surface area contributed by atoms with E-state index in [1.165, 1.54) is 0 Å². The van der Waals surface area contributed by atoms with Crippen LogP contribution in [-0.4, -0.2) is 67.0 Å². The first kappa shape index (κ1) is 17.1. The van der Waals surface area contributed by atoms with E-state index in [-0.39, 0.29) is 30.9 Å². The molecule has 8 heteroatoms. The second kappa shape index (κ2) is 7.42. The fourth-order valence-corrected chi connectivity index (χ4v) is 3.10. The van der Waals surface area contributed by atoms with Crippen LogP contribution >= 0.6 is 0 Å². The van der Waals surface area contributed by atoms with Crippen molar-refractivity contribution in [2.75, 3.05) is 38.6 Å². The van der Waals surface area contributed by atoms with Crippen LogP contribution in [0.1, 0.15) is 12.8 Å². The van der Waals surface area contributed by atoms with Crippen molar-refractivity contribution in [1.29, 1.82) is 0 Å². The molecule has 1 aromatic carbocycles. The Balaban J connectivity index is 1.55. The topological polar surface area (TPSA) is 91.0 Å². The number of urea groups is 1. The van der Waals surface area contributed by atoms with Crippen molar-refractivity contribution in [3.8, 4) is 5.75 Å². The molecule has 8 nitrogen and oxygen atoms in total. The van der Waals surface area contributed by atoms with E-state index in [1.807, 2.05) is 24.3 Å². The van der Waals surface area contributed by atoms with Crippen molar-refractivity contribution in [3.63, 3.8) is 0 Å². The Morgan fingerprint density at radius 1 is 1.32 bits per heavy atom. The van der Waals surface area contributed by atoms with Gasteiger partial charge in [-0.3, -0.25) is 14.5 Å². The zero-order valence-electron chi connectivity index (χ0n) is 14.2. The second-order valence-corrected chi connectivity index (χ2v) is 6.19. The summed E-state index contributed by atoms with van der Waals surface area (Å²) in [6.07, 6.45) is 1.83. The van der Waals surface area contributed by atoms with E-state index >= 15 is 0 Å². The summed E-state index contributed by atoms with van der Waals surface area (Å²) in [5.74, 6) is 0.231. The van der Waals surface area contributed by atoms with Crippen LogP contribution < -0.4 is 15.4 Å². The number of rotatable bonds is 5. The van der Waals surface area contributed by atoms with Gasteiger partial charge in [-0.15, -0.1) is 0 Å². The average Bonchev–Trinajstić information content (AvgIpc) is 2.94. The Kier molecular flexibility index (Phi) is 5.06. The minimum atomic E-state index is -0.497. The number of anilines is 1. The number of imide groups is 1. The minimum absolute atomic E-state index is 0.0340. The fraction of sp³-hybridized carbons (Fsp3) is 0.471. The lowest BCUT2D eigenvalue weighted by molar-refractivity contribution is -0.137. The highest BCUT2D eigenvalue weighted by atomic mass is 16.5. The molecule has 2 heterocycles. The van der Waals surface area contributed by atoms with Gasteiger partial charge in [0.15, 0.2) is 0 Å². The molecule has 1 aromatic rings. The van der Waals surface area contributed by atoms with Crippen LogP contribution in [0.2, 0.25) is 0 Å². The van der Waals surface area contributed by atoms with E-state index < -0.39 is 6.03 Å². The standard InChI is InChI=1S/C17H22N4O4/c1-25-14-6-4-12(5-7-14)19-13-3-2-8-20(10-13)16(23)11-21-15(22)9-18-17(21)24/h4-7,13,19H,2-3,8-11H2,1H3,(H,18,24). The average molecular weight is 346 g/mol. The summed E-state index contributed by atoms with van der Waals surface area (Å²) in [7, 11) is 1.62. The van der Waals surface area contributed by atoms with Crippen molar-refractivity contribution in [2.45, 2.75) is 18.9 Å². The molecule has 2 saturated heterocycles. The van der Waals surface area contributed by atoms with E-state index in [4.69, 9.17) is 4.74 Å². The van der Waals surface area contributed by atoms with Gasteiger partial charge in [0.25, 0.3) is 5.91 Å². The van der Waals surface area contributed by atoms with Crippen LogP contribution in [0.5, 0.6) is 5.75 Å². The van der Waals surface area contributed by atoms with E-state index in [2.05, 4.69) is 10.6 Å². The third kappa shape index (κ3) is 4.01. The Hall–Kier alpha value is -2.77. The first-order valence-electron chi connectivity index (χ1n) is 8.33. The highest BCUT2D eigenvalue weighted by Crippen LogP contribution is 2.19. The van der Waals surface area contributed by atoms with Gasteiger partial charge in [0.05, 0.1) is 13.7 Å². The molecule has 2 N–H and O–H groups in total. The Bertz CT molecular complexity index is 645. The lowest BCUT2D eigenvalue weighted by atomic mass is 10.1. The van der Waals surface area contributed by atoms with Gasteiger partial charge in [0.2, 0.25) is 5.91 Å². The van der Waals surface area contributed by atoms with Crippen molar-refractivity contribution in [2.24, 2.45) is 0 Å². The summed E-state index contributed by atoms with van der Waals surface area (Å²) in [4.78, 5) is 38.3. The Labute approximate surface area is 146 Å². The highest BCUT2D eigenvalue weighted by molar-refractivity contribution is 6.04. The van der Waals surface area contributed by atoms with Gasteiger partial charge < -0.3 is 20.3 Å². The van der Waals surface area contributed by atoms with Crippen LogP contribution in [0.15, 0.2) is 24.3 Å². The number of hydrogen-bond donors (Lipinski definition) is 2. The molecule has 4 amide bonds. The summed E-state index contributed by atoms with van der Waals surface area (Å²) in [5, 5.41) is 5.84. The molecular formula is C17H22N4O4. The normalized spacial score (nSPS) is 20.4. The molecule has 0 bridgehead atoms. The quantitative estimate of drug-likeness (QED) is 0.764. The van der Waals surface area contributed by atoms with E-state index in [1.54, 1.807) is 12.0 Å². The van der Waals surface area contributed by atoms with Gasteiger partial charge in [-0.05, 0) is 37.1 Å². The summed E-state index contributed by atoms with van der Waals surface area (Å²) < 4.78 is 5.14. The Morgan fingerprint density at radius 3 is 2.72 bits per heavy atom. The maximum Gasteiger partial charge on any atom is 0.325 e. The molecule has 0 aromatic heterocycles.